The van der Waals surface area contributed by atoms with Crippen molar-refractivity contribution in [1.82, 2.24) is 5.32 Å². The van der Waals surface area contributed by atoms with E-state index < -0.39 is 0 Å². The van der Waals surface area contributed by atoms with Crippen LogP contribution < -0.4 is 25.0 Å². The number of nitrogens with one attached hydrogen (secondary N) is 2. The smallest absolute Gasteiger partial charge is 0.319 e. The molecule has 2 heterocycles. The largest absolute Gasteiger partial charge is 0.486 e. The highest BCUT2D eigenvalue weighted by molar-refractivity contribution is 5.98. The van der Waals surface area contributed by atoms with E-state index in [1.165, 1.54) is 5.56 Å². The molecule has 2 N–H and O–H groups in total. The lowest BCUT2D eigenvalue weighted by Gasteiger charge is -2.22. The van der Waals surface area contributed by atoms with Crippen LogP contribution in [0.4, 0.5) is 16.2 Å². The minimum absolute atomic E-state index is 0.0331. The van der Waals surface area contributed by atoms with Gasteiger partial charge in [0, 0.05) is 30.4 Å². The quantitative estimate of drug-likeness (QED) is 0.853. The summed E-state index contributed by atoms with van der Waals surface area (Å²) in [5.74, 6) is 1.29. The van der Waals surface area contributed by atoms with Crippen LogP contribution in [-0.2, 0) is 11.2 Å². The number of fused-ring (bicyclic) bond motifs is 1. The van der Waals surface area contributed by atoms with Crippen molar-refractivity contribution in [1.29, 1.82) is 0 Å². The van der Waals surface area contributed by atoms with Gasteiger partial charge in [0.1, 0.15) is 13.2 Å². The predicted molar refractivity (Wildman–Crippen MR) is 106 cm³/mol. The van der Waals surface area contributed by atoms with Crippen LogP contribution in [0, 0.1) is 0 Å². The second-order valence-corrected chi connectivity index (χ2v) is 6.88. The number of carbonyl (C=O) groups excluding carboxylic acids is 2. The molecule has 1 saturated heterocycles. The molecule has 2 aliphatic rings. The van der Waals surface area contributed by atoms with Gasteiger partial charge in [0.25, 0.3) is 0 Å². The van der Waals surface area contributed by atoms with Crippen molar-refractivity contribution >= 4 is 23.3 Å². The fourth-order valence-corrected chi connectivity index (χ4v) is 3.43. The van der Waals surface area contributed by atoms with Gasteiger partial charge in [-0.2, -0.15) is 0 Å². The van der Waals surface area contributed by atoms with Crippen LogP contribution in [-0.4, -0.2) is 37.7 Å². The number of urea groups is 1. The van der Waals surface area contributed by atoms with Gasteiger partial charge in [-0.1, -0.05) is 19.1 Å². The van der Waals surface area contributed by atoms with Gasteiger partial charge in [-0.25, -0.2) is 4.79 Å². The van der Waals surface area contributed by atoms with Crippen molar-refractivity contribution in [3.8, 4) is 11.5 Å². The normalized spacial score (nSPS) is 18.1. The van der Waals surface area contributed by atoms with Crippen LogP contribution in [0.1, 0.15) is 18.9 Å². The number of benzene rings is 2. The highest BCUT2D eigenvalue weighted by Crippen LogP contribution is 2.35. The van der Waals surface area contributed by atoms with Crippen molar-refractivity contribution in [2.45, 2.75) is 25.8 Å². The zero-order valence-electron chi connectivity index (χ0n) is 15.7. The SMILES string of the molecule is CCc1ccc(NC(=O)N[C@@H]2CC(=O)N(c3ccc4c(c3)OCCO4)C2)cc1. The topological polar surface area (TPSA) is 79.9 Å². The molecule has 0 aromatic heterocycles. The van der Waals surface area contributed by atoms with Gasteiger partial charge >= 0.3 is 6.03 Å². The molecule has 28 heavy (non-hydrogen) atoms. The zero-order valence-corrected chi connectivity index (χ0v) is 15.7. The Kier molecular flexibility index (Phi) is 5.06. The van der Waals surface area contributed by atoms with Crippen molar-refractivity contribution in [2.24, 2.45) is 0 Å². The average molecular weight is 381 g/mol. The Labute approximate surface area is 163 Å². The van der Waals surface area contributed by atoms with Gasteiger partial charge in [-0.3, -0.25) is 4.79 Å². The highest BCUT2D eigenvalue weighted by Gasteiger charge is 2.32. The Hall–Kier alpha value is -3.22. The first-order valence-corrected chi connectivity index (χ1v) is 9.49. The summed E-state index contributed by atoms with van der Waals surface area (Å²) in [6.45, 7) is 3.52. The molecule has 7 nitrogen and oxygen atoms in total. The Balaban J connectivity index is 1.37. The van der Waals surface area contributed by atoms with Gasteiger partial charge in [-0.15, -0.1) is 0 Å². The fourth-order valence-electron chi connectivity index (χ4n) is 3.43. The number of anilines is 2. The fraction of sp³-hybridized carbons (Fsp3) is 0.333. The molecule has 0 spiro atoms. The van der Waals surface area contributed by atoms with Crippen molar-refractivity contribution in [3.63, 3.8) is 0 Å². The van der Waals surface area contributed by atoms with Crippen LogP contribution in [0.2, 0.25) is 0 Å². The summed E-state index contributed by atoms with van der Waals surface area (Å²) in [5.41, 5.74) is 2.68. The summed E-state index contributed by atoms with van der Waals surface area (Å²) >= 11 is 0. The maximum atomic E-state index is 12.4. The van der Waals surface area contributed by atoms with E-state index in [0.717, 1.165) is 17.8 Å². The first-order valence-electron chi connectivity index (χ1n) is 9.49. The van der Waals surface area contributed by atoms with Gasteiger partial charge in [-0.05, 0) is 36.2 Å². The standard InChI is InChI=1S/C21H23N3O4/c1-2-14-3-5-15(6-4-14)22-21(26)23-16-11-20(25)24(13-16)17-7-8-18-19(12-17)28-10-9-27-18/h3-8,12,16H,2,9-11,13H2,1H3,(H2,22,23,26)/t16-/m1/s1. The molecule has 1 fully saturated rings. The van der Waals surface area contributed by atoms with Crippen molar-refractivity contribution in [3.05, 3.63) is 48.0 Å². The molecule has 0 saturated carbocycles. The van der Waals surface area contributed by atoms with Crippen LogP contribution in [0.25, 0.3) is 0 Å². The molecule has 2 aromatic rings. The van der Waals surface area contributed by atoms with Gasteiger partial charge in [0.2, 0.25) is 5.91 Å². The molecule has 0 bridgehead atoms. The summed E-state index contributed by atoms with van der Waals surface area (Å²) in [6.07, 6.45) is 1.21. The Bertz CT molecular complexity index is 882. The number of amides is 3. The summed E-state index contributed by atoms with van der Waals surface area (Å²) in [7, 11) is 0. The van der Waals surface area contributed by atoms with Crippen molar-refractivity contribution < 1.29 is 19.1 Å². The number of ether oxygens (including phenoxy) is 2. The molecule has 0 aliphatic carbocycles. The third-order valence-electron chi connectivity index (χ3n) is 4.92. The van der Waals surface area contributed by atoms with Gasteiger partial charge in [0.15, 0.2) is 11.5 Å². The van der Waals surface area contributed by atoms with Gasteiger partial charge < -0.3 is 25.0 Å². The predicted octanol–water partition coefficient (Wildman–Crippen LogP) is 2.95. The molecular weight excluding hydrogens is 358 g/mol. The lowest BCUT2D eigenvalue weighted by molar-refractivity contribution is -0.117. The van der Waals surface area contributed by atoms with Gasteiger partial charge in [0.05, 0.1) is 6.04 Å². The number of hydrogen-bond acceptors (Lipinski definition) is 4. The molecule has 7 heteroatoms. The van der Waals surface area contributed by atoms with E-state index in [0.29, 0.717) is 31.3 Å². The number of aryl methyl sites for hydroxylation is 1. The highest BCUT2D eigenvalue weighted by atomic mass is 16.6. The maximum absolute atomic E-state index is 12.4. The maximum Gasteiger partial charge on any atom is 0.319 e. The van der Waals surface area contributed by atoms with Crippen molar-refractivity contribution in [2.75, 3.05) is 30.0 Å². The van der Waals surface area contributed by atoms with E-state index in [1.807, 2.05) is 42.5 Å². The Morgan fingerprint density at radius 1 is 1.11 bits per heavy atom. The molecule has 146 valence electrons. The van der Waals surface area contributed by atoms with E-state index in [9.17, 15) is 9.59 Å². The van der Waals surface area contributed by atoms with E-state index in [4.69, 9.17) is 9.47 Å². The van der Waals surface area contributed by atoms with Crippen LogP contribution in [0.5, 0.6) is 11.5 Å². The number of carbonyl (C=O) groups is 2. The summed E-state index contributed by atoms with van der Waals surface area (Å²) in [5, 5.41) is 5.69. The minimum atomic E-state index is -0.314. The lowest BCUT2D eigenvalue weighted by atomic mass is 10.1. The number of hydrogen-bond donors (Lipinski definition) is 2. The molecule has 4 rings (SSSR count). The average Bonchev–Trinajstić information content (AvgIpc) is 3.08. The third kappa shape index (κ3) is 3.88. The van der Waals surface area contributed by atoms with E-state index in [2.05, 4.69) is 17.6 Å². The Morgan fingerprint density at radius 3 is 2.61 bits per heavy atom. The number of rotatable bonds is 4. The molecule has 0 unspecified atom stereocenters. The summed E-state index contributed by atoms with van der Waals surface area (Å²) in [4.78, 5) is 26.4. The molecule has 1 atom stereocenters. The third-order valence-corrected chi connectivity index (χ3v) is 4.92. The number of nitrogens with zero attached hydrogens (tertiary/aromatic N) is 1. The monoisotopic (exact) mass is 381 g/mol. The second kappa shape index (κ2) is 7.80. The van der Waals surface area contributed by atoms with Crippen LogP contribution in [0.15, 0.2) is 42.5 Å². The molecule has 0 radical (unpaired) electrons. The molecule has 2 aromatic carbocycles. The first kappa shape index (κ1) is 18.2. The zero-order chi connectivity index (χ0) is 19.5. The lowest BCUT2D eigenvalue weighted by Crippen LogP contribution is -2.39. The first-order chi connectivity index (χ1) is 13.6. The van der Waals surface area contributed by atoms with Crippen LogP contribution in [0.3, 0.4) is 0 Å². The molecular formula is C21H23N3O4. The minimum Gasteiger partial charge on any atom is -0.486 e. The summed E-state index contributed by atoms with van der Waals surface area (Å²) in [6, 6.07) is 12.6. The van der Waals surface area contributed by atoms with Crippen LogP contribution >= 0.6 is 0 Å². The summed E-state index contributed by atoms with van der Waals surface area (Å²) < 4.78 is 11.1. The Morgan fingerprint density at radius 2 is 1.86 bits per heavy atom. The molecule has 3 amide bonds. The second-order valence-electron chi connectivity index (χ2n) is 6.88. The van der Waals surface area contributed by atoms with E-state index in [-0.39, 0.29) is 24.4 Å². The molecule has 2 aliphatic heterocycles. The van der Waals surface area contributed by atoms with E-state index >= 15 is 0 Å². The van der Waals surface area contributed by atoms with E-state index in [1.54, 1.807) is 4.90 Å².